The van der Waals surface area contributed by atoms with E-state index >= 15 is 0 Å². The molecule has 0 aromatic heterocycles. The van der Waals surface area contributed by atoms with Crippen molar-refractivity contribution in [3.63, 3.8) is 0 Å². The molecule has 0 unspecified atom stereocenters. The molecule has 1 radical (unpaired) electrons. The monoisotopic (exact) mass is 196 g/mol. The fourth-order valence-electron chi connectivity index (χ4n) is 1.17. The molecule has 0 bridgehead atoms. The van der Waals surface area contributed by atoms with Gasteiger partial charge < -0.3 is 5.41 Å². The second-order valence-electron chi connectivity index (χ2n) is 4.19. The first-order valence-electron chi connectivity index (χ1n) is 4.94. The van der Waals surface area contributed by atoms with E-state index in [1.54, 1.807) is 0 Å². The number of nitrogens with one attached hydrogen (secondary N) is 1. The van der Waals surface area contributed by atoms with E-state index in [1.807, 2.05) is 20.1 Å². The van der Waals surface area contributed by atoms with Crippen LogP contribution in [-0.4, -0.2) is 18.3 Å². The lowest BCUT2D eigenvalue weighted by Gasteiger charge is -2.14. The third kappa shape index (κ3) is 6.52. The van der Waals surface area contributed by atoms with E-state index in [-0.39, 0.29) is 11.1 Å². The fourth-order valence-corrected chi connectivity index (χ4v) is 1.17. The zero-order chi connectivity index (χ0) is 11.0. The topological polar surface area (TPSA) is 58.0 Å². The molecule has 0 saturated heterocycles. The highest BCUT2D eigenvalue weighted by Gasteiger charge is 2.16. The molecule has 1 N–H and O–H groups in total. The van der Waals surface area contributed by atoms with Crippen molar-refractivity contribution >= 4 is 18.3 Å². The van der Waals surface area contributed by atoms with Crippen LogP contribution in [-0.2, 0) is 9.59 Å². The van der Waals surface area contributed by atoms with Crippen molar-refractivity contribution in [2.75, 3.05) is 0 Å². The van der Waals surface area contributed by atoms with E-state index in [0.29, 0.717) is 12.7 Å². The number of carbonyl (C=O) groups is 1. The van der Waals surface area contributed by atoms with Gasteiger partial charge in [-0.15, -0.1) is 0 Å². The van der Waals surface area contributed by atoms with E-state index in [2.05, 4.69) is 0 Å². The predicted octanol–water partition coefficient (Wildman–Crippen LogP) is 2.29. The molecule has 0 rings (SSSR count). The summed E-state index contributed by atoms with van der Waals surface area (Å²) in [7, 11) is 0. The molecule has 0 aromatic carbocycles. The molecule has 79 valence electrons. The Bertz CT molecular complexity index is 209. The summed E-state index contributed by atoms with van der Waals surface area (Å²) in [4.78, 5) is 20.5. The van der Waals surface area contributed by atoms with Crippen LogP contribution in [0.3, 0.4) is 0 Å². The SMILES string of the molecule is CC(C)([C]=O)CCCCCC(=N)C=O. The molecule has 0 heterocycles. The zero-order valence-electron chi connectivity index (χ0n) is 8.93. The number of carbonyl (C=O) groups excluding carboxylic acids is 2. The van der Waals surface area contributed by atoms with Crippen molar-refractivity contribution in [3.05, 3.63) is 0 Å². The van der Waals surface area contributed by atoms with E-state index < -0.39 is 0 Å². The Kier molecular flexibility index (Phi) is 6.00. The highest BCUT2D eigenvalue weighted by Crippen LogP contribution is 2.20. The molecule has 0 atom stereocenters. The van der Waals surface area contributed by atoms with E-state index in [4.69, 9.17) is 5.41 Å². The Balaban J connectivity index is 3.43. The molecule has 0 amide bonds. The zero-order valence-corrected chi connectivity index (χ0v) is 8.93. The van der Waals surface area contributed by atoms with E-state index in [0.717, 1.165) is 25.7 Å². The standard InChI is InChI=1S/C11H18NO2/c1-11(2,9-14)7-5-3-4-6-10(12)8-13/h8,12H,3-7H2,1-2H3. The summed E-state index contributed by atoms with van der Waals surface area (Å²) >= 11 is 0. The summed E-state index contributed by atoms with van der Waals surface area (Å²) in [6, 6.07) is 0. The summed E-state index contributed by atoms with van der Waals surface area (Å²) in [5, 5.41) is 7.10. The van der Waals surface area contributed by atoms with Gasteiger partial charge in [-0.1, -0.05) is 26.7 Å². The summed E-state index contributed by atoms with van der Waals surface area (Å²) in [6.07, 6.45) is 6.73. The van der Waals surface area contributed by atoms with Gasteiger partial charge in [0.25, 0.3) is 0 Å². The molecule has 0 fully saturated rings. The number of hydrogen-bond donors (Lipinski definition) is 1. The molecule has 0 aromatic rings. The van der Waals surface area contributed by atoms with Gasteiger partial charge in [-0.2, -0.15) is 0 Å². The van der Waals surface area contributed by atoms with Crippen molar-refractivity contribution in [1.82, 2.24) is 0 Å². The Morgan fingerprint density at radius 1 is 1.36 bits per heavy atom. The lowest BCUT2D eigenvalue weighted by atomic mass is 9.88. The molecular formula is C11H18NO2. The van der Waals surface area contributed by atoms with Crippen LogP contribution >= 0.6 is 0 Å². The largest absolute Gasteiger partial charge is 0.302 e. The van der Waals surface area contributed by atoms with Crippen molar-refractivity contribution < 1.29 is 9.59 Å². The molecule has 0 aliphatic carbocycles. The Morgan fingerprint density at radius 2 is 2.00 bits per heavy atom. The second-order valence-corrected chi connectivity index (χ2v) is 4.19. The minimum atomic E-state index is -0.349. The second kappa shape index (κ2) is 6.46. The fraction of sp³-hybridized carbons (Fsp3) is 0.727. The van der Waals surface area contributed by atoms with Crippen LogP contribution in [0.4, 0.5) is 0 Å². The predicted molar refractivity (Wildman–Crippen MR) is 56.4 cm³/mol. The van der Waals surface area contributed by atoms with Gasteiger partial charge in [-0.05, 0) is 19.3 Å². The van der Waals surface area contributed by atoms with Crippen molar-refractivity contribution in [3.8, 4) is 0 Å². The first-order valence-corrected chi connectivity index (χ1v) is 4.94. The van der Waals surface area contributed by atoms with Crippen LogP contribution < -0.4 is 0 Å². The summed E-state index contributed by atoms with van der Waals surface area (Å²) in [5.74, 6) is 0. The maximum Gasteiger partial charge on any atom is 0.204 e. The lowest BCUT2D eigenvalue weighted by Crippen LogP contribution is -2.12. The van der Waals surface area contributed by atoms with Crippen LogP contribution in [0.25, 0.3) is 0 Å². The minimum Gasteiger partial charge on any atom is -0.302 e. The quantitative estimate of drug-likeness (QED) is 0.368. The summed E-state index contributed by atoms with van der Waals surface area (Å²) in [5.41, 5.74) is -0.191. The van der Waals surface area contributed by atoms with Gasteiger partial charge in [0.2, 0.25) is 6.29 Å². The van der Waals surface area contributed by atoms with Gasteiger partial charge in [0.05, 0.1) is 5.71 Å². The van der Waals surface area contributed by atoms with Crippen LogP contribution in [0.2, 0.25) is 0 Å². The molecule has 0 saturated carbocycles. The highest BCUT2D eigenvalue weighted by atomic mass is 16.1. The highest BCUT2D eigenvalue weighted by molar-refractivity contribution is 6.26. The molecular weight excluding hydrogens is 178 g/mol. The summed E-state index contributed by atoms with van der Waals surface area (Å²) < 4.78 is 0. The van der Waals surface area contributed by atoms with Crippen LogP contribution in [0.1, 0.15) is 46.0 Å². The maximum atomic E-state index is 10.4. The Labute approximate surface area is 85.4 Å². The number of rotatable bonds is 8. The van der Waals surface area contributed by atoms with Gasteiger partial charge in [0, 0.05) is 5.41 Å². The molecule has 3 nitrogen and oxygen atoms in total. The molecule has 14 heavy (non-hydrogen) atoms. The van der Waals surface area contributed by atoms with Gasteiger partial charge in [0.1, 0.15) is 0 Å². The Hall–Kier alpha value is -0.990. The van der Waals surface area contributed by atoms with E-state index in [9.17, 15) is 9.59 Å². The smallest absolute Gasteiger partial charge is 0.204 e. The van der Waals surface area contributed by atoms with Gasteiger partial charge in [-0.3, -0.25) is 9.59 Å². The number of hydrogen-bond acceptors (Lipinski definition) is 3. The van der Waals surface area contributed by atoms with Crippen molar-refractivity contribution in [2.24, 2.45) is 5.41 Å². The van der Waals surface area contributed by atoms with Crippen LogP contribution in [0, 0.1) is 10.8 Å². The third-order valence-corrected chi connectivity index (χ3v) is 2.17. The van der Waals surface area contributed by atoms with Gasteiger partial charge in [0.15, 0.2) is 6.29 Å². The molecule has 3 heteroatoms. The first-order chi connectivity index (χ1) is 6.52. The third-order valence-electron chi connectivity index (χ3n) is 2.17. The van der Waals surface area contributed by atoms with Gasteiger partial charge in [-0.25, -0.2) is 0 Å². The summed E-state index contributed by atoms with van der Waals surface area (Å²) in [6.45, 7) is 3.74. The van der Waals surface area contributed by atoms with Crippen LogP contribution in [0.5, 0.6) is 0 Å². The molecule has 0 aliphatic heterocycles. The molecule has 0 spiro atoms. The Morgan fingerprint density at radius 3 is 2.50 bits per heavy atom. The van der Waals surface area contributed by atoms with Gasteiger partial charge >= 0.3 is 0 Å². The van der Waals surface area contributed by atoms with Crippen molar-refractivity contribution in [2.45, 2.75) is 46.0 Å². The lowest BCUT2D eigenvalue weighted by molar-refractivity contribution is -0.102. The van der Waals surface area contributed by atoms with E-state index in [1.165, 1.54) is 0 Å². The first kappa shape index (κ1) is 13.0. The normalized spacial score (nSPS) is 11.0. The van der Waals surface area contributed by atoms with Crippen molar-refractivity contribution in [1.29, 1.82) is 5.41 Å². The van der Waals surface area contributed by atoms with Crippen LogP contribution in [0.15, 0.2) is 0 Å². The average molecular weight is 196 g/mol. The average Bonchev–Trinajstić information content (AvgIpc) is 2.17. The minimum absolute atomic E-state index is 0.159. The number of unbranched alkanes of at least 4 members (excludes halogenated alkanes) is 2. The maximum absolute atomic E-state index is 10.4. The molecule has 0 aliphatic rings. The number of aldehydes is 1.